The van der Waals surface area contributed by atoms with E-state index in [-0.39, 0.29) is 12.2 Å². The molecule has 0 aliphatic carbocycles. The maximum atomic E-state index is 11.8. The van der Waals surface area contributed by atoms with Crippen molar-refractivity contribution >= 4 is 5.97 Å². The molecular weight excluding hydrogens is 218 g/mol. The fraction of sp³-hybridized carbons (Fsp3) is 0.385. The number of nitriles is 1. The molecule has 0 radical (unpaired) electrons. The molecule has 0 bridgehead atoms. The van der Waals surface area contributed by atoms with Crippen molar-refractivity contribution in [2.75, 3.05) is 13.7 Å². The van der Waals surface area contributed by atoms with E-state index in [0.29, 0.717) is 11.3 Å². The van der Waals surface area contributed by atoms with Gasteiger partial charge < -0.3 is 9.47 Å². The molecule has 4 nitrogen and oxygen atoms in total. The molecule has 0 fully saturated rings. The normalized spacial score (nSPS) is 9.53. The monoisotopic (exact) mass is 233 g/mol. The van der Waals surface area contributed by atoms with E-state index in [1.54, 1.807) is 19.1 Å². The minimum absolute atomic E-state index is 0.203. The number of methoxy groups -OCH3 is 1. The Morgan fingerprint density at radius 1 is 1.41 bits per heavy atom. The number of hydrogen-bond acceptors (Lipinski definition) is 4. The van der Waals surface area contributed by atoms with Crippen LogP contribution in [0.4, 0.5) is 0 Å². The zero-order chi connectivity index (χ0) is 12.8. The van der Waals surface area contributed by atoms with Gasteiger partial charge in [-0.05, 0) is 31.0 Å². The van der Waals surface area contributed by atoms with Crippen molar-refractivity contribution in [3.63, 3.8) is 0 Å². The predicted molar refractivity (Wildman–Crippen MR) is 63.0 cm³/mol. The van der Waals surface area contributed by atoms with Crippen LogP contribution in [-0.4, -0.2) is 19.7 Å². The Morgan fingerprint density at radius 3 is 2.59 bits per heavy atom. The molecule has 0 saturated heterocycles. The van der Waals surface area contributed by atoms with E-state index in [0.717, 1.165) is 12.0 Å². The standard InChI is InChI=1S/C13H15NO3/c1-4-9-6-10(8-14)12(11(7-9)16-3)13(15)17-5-2/h6-7H,4-5H2,1-3H3. The van der Waals surface area contributed by atoms with E-state index in [1.807, 2.05) is 13.0 Å². The van der Waals surface area contributed by atoms with Gasteiger partial charge in [0.1, 0.15) is 17.4 Å². The number of nitrogens with zero attached hydrogens (tertiary/aromatic N) is 1. The highest BCUT2D eigenvalue weighted by atomic mass is 16.5. The molecule has 17 heavy (non-hydrogen) atoms. The Hall–Kier alpha value is -2.02. The molecule has 0 aliphatic heterocycles. The Kier molecular flexibility index (Phi) is 4.53. The number of aryl methyl sites for hydroxylation is 1. The van der Waals surface area contributed by atoms with Crippen LogP contribution in [0.5, 0.6) is 5.75 Å². The number of carbonyl (C=O) groups is 1. The van der Waals surface area contributed by atoms with Crippen molar-refractivity contribution in [3.05, 3.63) is 28.8 Å². The summed E-state index contributed by atoms with van der Waals surface area (Å²) in [6.45, 7) is 3.96. The predicted octanol–water partition coefficient (Wildman–Crippen LogP) is 2.31. The van der Waals surface area contributed by atoms with Gasteiger partial charge in [-0.15, -0.1) is 0 Å². The second-order valence-corrected chi connectivity index (χ2v) is 3.41. The number of hydrogen-bond donors (Lipinski definition) is 0. The molecule has 0 aromatic heterocycles. The van der Waals surface area contributed by atoms with Crippen LogP contribution >= 0.6 is 0 Å². The lowest BCUT2D eigenvalue weighted by molar-refractivity contribution is 0.0522. The summed E-state index contributed by atoms with van der Waals surface area (Å²) in [4.78, 5) is 11.8. The maximum absolute atomic E-state index is 11.8. The first-order valence-corrected chi connectivity index (χ1v) is 5.46. The minimum Gasteiger partial charge on any atom is -0.496 e. The Labute approximate surface area is 101 Å². The zero-order valence-corrected chi connectivity index (χ0v) is 10.2. The first-order chi connectivity index (χ1) is 8.17. The molecular formula is C13H15NO3. The topological polar surface area (TPSA) is 59.3 Å². The fourth-order valence-corrected chi connectivity index (χ4v) is 1.54. The fourth-order valence-electron chi connectivity index (χ4n) is 1.54. The van der Waals surface area contributed by atoms with Gasteiger partial charge in [-0.25, -0.2) is 4.79 Å². The maximum Gasteiger partial charge on any atom is 0.343 e. The number of carbonyl (C=O) groups excluding carboxylic acids is 1. The molecule has 1 aromatic carbocycles. The third-order valence-corrected chi connectivity index (χ3v) is 2.39. The smallest absolute Gasteiger partial charge is 0.343 e. The van der Waals surface area contributed by atoms with Crippen LogP contribution in [0.3, 0.4) is 0 Å². The highest BCUT2D eigenvalue weighted by molar-refractivity contribution is 5.95. The van der Waals surface area contributed by atoms with Crippen molar-refractivity contribution < 1.29 is 14.3 Å². The summed E-state index contributed by atoms with van der Waals surface area (Å²) in [5.41, 5.74) is 1.44. The Bertz CT molecular complexity index is 460. The minimum atomic E-state index is -0.524. The first-order valence-electron chi connectivity index (χ1n) is 5.46. The van der Waals surface area contributed by atoms with Crippen LogP contribution in [0.15, 0.2) is 12.1 Å². The zero-order valence-electron chi connectivity index (χ0n) is 10.2. The molecule has 90 valence electrons. The van der Waals surface area contributed by atoms with E-state index in [1.165, 1.54) is 7.11 Å². The van der Waals surface area contributed by atoms with Crippen molar-refractivity contribution in [2.24, 2.45) is 0 Å². The Balaban J connectivity index is 3.35. The van der Waals surface area contributed by atoms with Gasteiger partial charge in [0, 0.05) is 0 Å². The van der Waals surface area contributed by atoms with Gasteiger partial charge >= 0.3 is 5.97 Å². The van der Waals surface area contributed by atoms with E-state index < -0.39 is 5.97 Å². The number of esters is 1. The molecule has 0 heterocycles. The molecule has 1 aromatic rings. The summed E-state index contributed by atoms with van der Waals surface area (Å²) in [6, 6.07) is 5.45. The van der Waals surface area contributed by atoms with Gasteiger partial charge in [0.2, 0.25) is 0 Å². The van der Waals surface area contributed by atoms with E-state index in [9.17, 15) is 4.79 Å². The summed E-state index contributed by atoms with van der Waals surface area (Å²) >= 11 is 0. The van der Waals surface area contributed by atoms with Crippen molar-refractivity contribution in [2.45, 2.75) is 20.3 Å². The van der Waals surface area contributed by atoms with Crippen LogP contribution in [0, 0.1) is 11.3 Å². The van der Waals surface area contributed by atoms with Gasteiger partial charge in [0.15, 0.2) is 0 Å². The van der Waals surface area contributed by atoms with Gasteiger partial charge in [-0.1, -0.05) is 6.92 Å². The number of benzene rings is 1. The second-order valence-electron chi connectivity index (χ2n) is 3.41. The molecule has 0 atom stereocenters. The van der Waals surface area contributed by atoms with Crippen molar-refractivity contribution in [1.82, 2.24) is 0 Å². The highest BCUT2D eigenvalue weighted by Crippen LogP contribution is 2.25. The van der Waals surface area contributed by atoms with Crippen LogP contribution < -0.4 is 4.74 Å². The average molecular weight is 233 g/mol. The molecule has 4 heteroatoms. The molecule has 1 rings (SSSR count). The first kappa shape index (κ1) is 13.0. The van der Waals surface area contributed by atoms with E-state index >= 15 is 0 Å². The number of rotatable bonds is 4. The quantitative estimate of drug-likeness (QED) is 0.749. The molecule has 0 N–H and O–H groups in total. The van der Waals surface area contributed by atoms with Crippen LogP contribution in [0.2, 0.25) is 0 Å². The summed E-state index contributed by atoms with van der Waals surface area (Å²) in [5.74, 6) is -0.136. The summed E-state index contributed by atoms with van der Waals surface area (Å²) in [5, 5.41) is 9.06. The van der Waals surface area contributed by atoms with E-state index in [2.05, 4.69) is 0 Å². The SMILES string of the molecule is CCOC(=O)c1c(C#N)cc(CC)cc1OC. The third kappa shape index (κ3) is 2.76. The van der Waals surface area contributed by atoms with E-state index in [4.69, 9.17) is 14.7 Å². The van der Waals surface area contributed by atoms with Gasteiger partial charge in [0.25, 0.3) is 0 Å². The summed E-state index contributed by atoms with van der Waals surface area (Å²) < 4.78 is 10.1. The number of ether oxygens (including phenoxy) is 2. The molecule has 0 saturated carbocycles. The lowest BCUT2D eigenvalue weighted by Crippen LogP contribution is -2.09. The second kappa shape index (κ2) is 5.90. The van der Waals surface area contributed by atoms with Crippen molar-refractivity contribution in [3.8, 4) is 11.8 Å². The lowest BCUT2D eigenvalue weighted by atomic mass is 10.0. The molecule has 0 unspecified atom stereocenters. The van der Waals surface area contributed by atoms with Gasteiger partial charge in [-0.3, -0.25) is 0 Å². The largest absolute Gasteiger partial charge is 0.496 e. The molecule has 0 aliphatic rings. The third-order valence-electron chi connectivity index (χ3n) is 2.39. The summed E-state index contributed by atoms with van der Waals surface area (Å²) in [7, 11) is 1.47. The Morgan fingerprint density at radius 2 is 2.12 bits per heavy atom. The van der Waals surface area contributed by atoms with Crippen LogP contribution in [-0.2, 0) is 11.2 Å². The molecule has 0 spiro atoms. The van der Waals surface area contributed by atoms with Crippen LogP contribution in [0.1, 0.15) is 35.3 Å². The van der Waals surface area contributed by atoms with Gasteiger partial charge in [-0.2, -0.15) is 5.26 Å². The highest BCUT2D eigenvalue weighted by Gasteiger charge is 2.19. The van der Waals surface area contributed by atoms with Crippen LogP contribution in [0.25, 0.3) is 0 Å². The summed E-state index contributed by atoms with van der Waals surface area (Å²) in [6.07, 6.45) is 0.772. The van der Waals surface area contributed by atoms with Gasteiger partial charge in [0.05, 0.1) is 19.3 Å². The lowest BCUT2D eigenvalue weighted by Gasteiger charge is -2.11. The molecule has 0 amide bonds. The average Bonchev–Trinajstić information content (AvgIpc) is 2.37. The van der Waals surface area contributed by atoms with Crippen molar-refractivity contribution in [1.29, 1.82) is 5.26 Å².